The zero-order chi connectivity index (χ0) is 20.1. The molecule has 2 heterocycles. The number of ether oxygens (including phenoxy) is 1. The zero-order valence-electron chi connectivity index (χ0n) is 15.4. The summed E-state index contributed by atoms with van der Waals surface area (Å²) in [6.45, 7) is 1.12. The third kappa shape index (κ3) is 4.70. The minimum absolute atomic E-state index is 0.214. The summed E-state index contributed by atoms with van der Waals surface area (Å²) in [6, 6.07) is 17.2. The Balaban J connectivity index is 1.42. The number of aromatic nitrogens is 2. The Morgan fingerprint density at radius 2 is 1.93 bits per heavy atom. The molecule has 0 saturated heterocycles. The van der Waals surface area contributed by atoms with Gasteiger partial charge in [0, 0.05) is 17.3 Å². The molecule has 0 aliphatic rings. The lowest BCUT2D eigenvalue weighted by molar-refractivity contribution is 0.103. The summed E-state index contributed by atoms with van der Waals surface area (Å²) in [4.78, 5) is 18.2. The molecule has 29 heavy (non-hydrogen) atoms. The molecule has 5 nitrogen and oxygen atoms in total. The fourth-order valence-corrected chi connectivity index (χ4v) is 3.70. The SMILES string of the molecule is O=C(Nc1ccccc1OCCn1ccnc1)c1ccc(-c2ccc(F)cc2)s1. The van der Waals surface area contributed by atoms with Gasteiger partial charge in [-0.25, -0.2) is 9.37 Å². The summed E-state index contributed by atoms with van der Waals surface area (Å²) in [5.74, 6) is 0.109. The van der Waals surface area contributed by atoms with Crippen LogP contribution in [-0.4, -0.2) is 22.1 Å². The molecule has 2 aromatic heterocycles. The number of benzene rings is 2. The van der Waals surface area contributed by atoms with Gasteiger partial charge in [-0.2, -0.15) is 0 Å². The van der Waals surface area contributed by atoms with Gasteiger partial charge in [0.05, 0.1) is 23.4 Å². The molecule has 0 saturated carbocycles. The fraction of sp³-hybridized carbons (Fsp3) is 0.0909. The molecule has 0 atom stereocenters. The Kier molecular flexibility index (Phi) is 5.67. The minimum atomic E-state index is -0.284. The quantitative estimate of drug-likeness (QED) is 0.465. The van der Waals surface area contributed by atoms with E-state index in [-0.39, 0.29) is 11.7 Å². The van der Waals surface area contributed by atoms with Crippen LogP contribution in [-0.2, 0) is 6.54 Å². The van der Waals surface area contributed by atoms with Gasteiger partial charge in [0.2, 0.25) is 0 Å². The molecule has 1 amide bonds. The maximum Gasteiger partial charge on any atom is 0.265 e. The first kappa shape index (κ1) is 18.9. The van der Waals surface area contributed by atoms with Crippen molar-refractivity contribution in [1.82, 2.24) is 9.55 Å². The average Bonchev–Trinajstić information content (AvgIpc) is 3.42. The summed E-state index contributed by atoms with van der Waals surface area (Å²) in [6.07, 6.45) is 5.31. The number of rotatable bonds is 7. The number of anilines is 1. The minimum Gasteiger partial charge on any atom is -0.490 e. The van der Waals surface area contributed by atoms with Crippen LogP contribution in [0.4, 0.5) is 10.1 Å². The predicted octanol–water partition coefficient (Wildman–Crippen LogP) is 5.08. The highest BCUT2D eigenvalue weighted by Gasteiger charge is 2.13. The summed E-state index contributed by atoms with van der Waals surface area (Å²) in [7, 11) is 0. The number of hydrogen-bond acceptors (Lipinski definition) is 4. The van der Waals surface area contributed by atoms with Crippen molar-refractivity contribution in [2.45, 2.75) is 6.54 Å². The van der Waals surface area contributed by atoms with E-state index in [0.29, 0.717) is 29.5 Å². The second-order valence-electron chi connectivity index (χ2n) is 6.27. The molecule has 146 valence electrons. The van der Waals surface area contributed by atoms with Gasteiger partial charge in [-0.05, 0) is 42.0 Å². The zero-order valence-corrected chi connectivity index (χ0v) is 16.2. The monoisotopic (exact) mass is 407 g/mol. The number of imidazole rings is 1. The summed E-state index contributed by atoms with van der Waals surface area (Å²) < 4.78 is 20.9. The standard InChI is InChI=1S/C22H18FN3O2S/c23-17-7-5-16(6-8-17)20-9-10-21(29-20)22(27)25-18-3-1-2-4-19(18)28-14-13-26-12-11-24-15-26/h1-12,15H,13-14H2,(H,25,27). The van der Waals surface area contributed by atoms with Crippen LogP contribution in [0.15, 0.2) is 79.4 Å². The van der Waals surface area contributed by atoms with E-state index in [1.165, 1.54) is 23.5 Å². The molecular formula is C22H18FN3O2S. The number of nitrogens with one attached hydrogen (secondary N) is 1. The Morgan fingerprint density at radius 1 is 1.10 bits per heavy atom. The number of nitrogens with zero attached hydrogens (tertiary/aromatic N) is 2. The van der Waals surface area contributed by atoms with Crippen molar-refractivity contribution in [3.8, 4) is 16.2 Å². The molecule has 4 rings (SSSR count). The molecule has 0 aliphatic carbocycles. The van der Waals surface area contributed by atoms with Crippen molar-refractivity contribution in [3.05, 3.63) is 90.1 Å². The maximum absolute atomic E-state index is 13.1. The van der Waals surface area contributed by atoms with Crippen molar-refractivity contribution in [2.75, 3.05) is 11.9 Å². The van der Waals surface area contributed by atoms with Gasteiger partial charge >= 0.3 is 0 Å². The molecule has 0 bridgehead atoms. The first-order valence-corrected chi connectivity index (χ1v) is 9.85. The van der Waals surface area contributed by atoms with Gasteiger partial charge in [0.15, 0.2) is 0 Å². The first-order valence-electron chi connectivity index (χ1n) is 9.04. The van der Waals surface area contributed by atoms with E-state index in [2.05, 4.69) is 10.3 Å². The van der Waals surface area contributed by atoms with Gasteiger partial charge in [-0.1, -0.05) is 24.3 Å². The van der Waals surface area contributed by atoms with E-state index in [0.717, 1.165) is 10.4 Å². The number of carbonyl (C=O) groups is 1. The lowest BCUT2D eigenvalue weighted by atomic mass is 10.2. The normalized spacial score (nSPS) is 10.7. The van der Waals surface area contributed by atoms with Gasteiger partial charge in [0.25, 0.3) is 5.91 Å². The van der Waals surface area contributed by atoms with Crippen molar-refractivity contribution < 1.29 is 13.9 Å². The van der Waals surface area contributed by atoms with Gasteiger partial charge in [-0.3, -0.25) is 4.79 Å². The largest absolute Gasteiger partial charge is 0.490 e. The van der Waals surface area contributed by atoms with Crippen molar-refractivity contribution in [2.24, 2.45) is 0 Å². The van der Waals surface area contributed by atoms with Crippen LogP contribution in [0.25, 0.3) is 10.4 Å². The second kappa shape index (κ2) is 8.70. The second-order valence-corrected chi connectivity index (χ2v) is 7.35. The Labute approximate surface area is 171 Å². The highest BCUT2D eigenvalue weighted by Crippen LogP contribution is 2.30. The highest BCUT2D eigenvalue weighted by atomic mass is 32.1. The third-order valence-corrected chi connectivity index (χ3v) is 5.39. The molecule has 1 N–H and O–H groups in total. The molecule has 0 aliphatic heterocycles. The van der Waals surface area contributed by atoms with E-state index in [1.54, 1.807) is 36.8 Å². The molecule has 0 unspecified atom stereocenters. The smallest absolute Gasteiger partial charge is 0.265 e. The highest BCUT2D eigenvalue weighted by molar-refractivity contribution is 7.17. The fourth-order valence-electron chi connectivity index (χ4n) is 2.79. The average molecular weight is 407 g/mol. The van der Waals surface area contributed by atoms with E-state index in [4.69, 9.17) is 4.74 Å². The van der Waals surface area contributed by atoms with Crippen LogP contribution in [0, 0.1) is 5.82 Å². The van der Waals surface area contributed by atoms with E-state index >= 15 is 0 Å². The molecule has 7 heteroatoms. The molecule has 4 aromatic rings. The van der Waals surface area contributed by atoms with Crippen LogP contribution in [0.5, 0.6) is 5.75 Å². The number of halogens is 1. The van der Waals surface area contributed by atoms with Crippen molar-refractivity contribution in [3.63, 3.8) is 0 Å². The molecule has 0 fully saturated rings. The van der Waals surface area contributed by atoms with Crippen LogP contribution in [0.2, 0.25) is 0 Å². The Bertz CT molecular complexity index is 1090. The van der Waals surface area contributed by atoms with Crippen LogP contribution in [0.1, 0.15) is 9.67 Å². The number of hydrogen-bond donors (Lipinski definition) is 1. The molecule has 0 radical (unpaired) electrons. The topological polar surface area (TPSA) is 56.1 Å². The molecule has 2 aromatic carbocycles. The molecule has 0 spiro atoms. The van der Waals surface area contributed by atoms with E-state index in [1.807, 2.05) is 35.0 Å². The number of para-hydroxylation sites is 2. The van der Waals surface area contributed by atoms with E-state index < -0.39 is 0 Å². The lowest BCUT2D eigenvalue weighted by Gasteiger charge is -2.12. The summed E-state index contributed by atoms with van der Waals surface area (Å²) in [5.41, 5.74) is 1.48. The number of carbonyl (C=O) groups excluding carboxylic acids is 1. The molecular weight excluding hydrogens is 389 g/mol. The van der Waals surface area contributed by atoms with E-state index in [9.17, 15) is 9.18 Å². The number of thiophene rings is 1. The van der Waals surface area contributed by atoms with Crippen LogP contribution in [0.3, 0.4) is 0 Å². The maximum atomic E-state index is 13.1. The lowest BCUT2D eigenvalue weighted by Crippen LogP contribution is -2.12. The first-order chi connectivity index (χ1) is 14.2. The van der Waals surface area contributed by atoms with Gasteiger partial charge in [-0.15, -0.1) is 11.3 Å². The van der Waals surface area contributed by atoms with Crippen LogP contribution < -0.4 is 10.1 Å². The predicted molar refractivity (Wildman–Crippen MR) is 112 cm³/mol. The van der Waals surface area contributed by atoms with Gasteiger partial charge in [0.1, 0.15) is 18.2 Å². The number of amides is 1. The Hall–Kier alpha value is -3.45. The van der Waals surface area contributed by atoms with Crippen molar-refractivity contribution in [1.29, 1.82) is 0 Å². The van der Waals surface area contributed by atoms with Crippen LogP contribution >= 0.6 is 11.3 Å². The third-order valence-electron chi connectivity index (χ3n) is 4.26. The van der Waals surface area contributed by atoms with Crippen molar-refractivity contribution >= 4 is 22.9 Å². The van der Waals surface area contributed by atoms with Gasteiger partial charge < -0.3 is 14.6 Å². The Morgan fingerprint density at radius 3 is 2.72 bits per heavy atom. The summed E-state index contributed by atoms with van der Waals surface area (Å²) >= 11 is 1.36. The summed E-state index contributed by atoms with van der Waals surface area (Å²) in [5, 5.41) is 2.91.